The smallest absolute Gasteiger partial charge is 0.208 e. The van der Waals surface area contributed by atoms with Gasteiger partial charge in [-0.3, -0.25) is 0 Å². The molecule has 0 aliphatic carbocycles. The summed E-state index contributed by atoms with van der Waals surface area (Å²) in [5.41, 5.74) is 1.53. The van der Waals surface area contributed by atoms with Crippen LogP contribution in [0, 0.1) is 0 Å². The Labute approximate surface area is 204 Å². The van der Waals surface area contributed by atoms with Crippen LogP contribution in [-0.4, -0.2) is 51.5 Å². The minimum absolute atomic E-state index is 0.0400. The van der Waals surface area contributed by atoms with Crippen LogP contribution < -0.4 is 14.2 Å². The monoisotopic (exact) mass is 523 g/mol. The summed E-state index contributed by atoms with van der Waals surface area (Å²) in [6.45, 7) is 4.39. The highest BCUT2D eigenvalue weighted by atomic mass is 35.5. The molecule has 178 valence electrons. The standard InChI is InChI=1S/C22H28Cl3NO5S/c1-22(2,16-11-19(24)21(20(25)12-16)30-10-4-9-23)15-5-7-18(8-6-15)31-14-17(27)13-26-32(3,28)29/h5-8,11-12,17,26-27H,4,9-10,13-14H2,1-3H3. The molecule has 32 heavy (non-hydrogen) atoms. The molecule has 2 N–H and O–H groups in total. The average Bonchev–Trinajstić information content (AvgIpc) is 2.72. The van der Waals surface area contributed by atoms with E-state index in [9.17, 15) is 13.5 Å². The van der Waals surface area contributed by atoms with E-state index < -0.39 is 21.5 Å². The summed E-state index contributed by atoms with van der Waals surface area (Å²) in [5, 5.41) is 10.7. The third-order valence-electron chi connectivity index (χ3n) is 4.84. The zero-order chi connectivity index (χ0) is 23.9. The van der Waals surface area contributed by atoms with Crippen LogP contribution in [0.2, 0.25) is 10.0 Å². The van der Waals surface area contributed by atoms with Gasteiger partial charge in [0.1, 0.15) is 18.5 Å². The maximum absolute atomic E-state index is 11.1. The molecule has 2 aromatic rings. The Balaban J connectivity index is 2.08. The van der Waals surface area contributed by atoms with Gasteiger partial charge in [0.2, 0.25) is 10.0 Å². The molecule has 2 rings (SSSR count). The van der Waals surface area contributed by atoms with Crippen molar-refractivity contribution in [3.8, 4) is 11.5 Å². The Bertz CT molecular complexity index is 974. The van der Waals surface area contributed by atoms with Gasteiger partial charge >= 0.3 is 0 Å². The van der Waals surface area contributed by atoms with Gasteiger partial charge in [0.05, 0.1) is 22.9 Å². The second kappa shape index (κ2) is 11.8. The van der Waals surface area contributed by atoms with Gasteiger partial charge in [0, 0.05) is 17.8 Å². The zero-order valence-electron chi connectivity index (χ0n) is 18.2. The van der Waals surface area contributed by atoms with E-state index in [-0.39, 0.29) is 13.2 Å². The number of benzene rings is 2. The summed E-state index contributed by atoms with van der Waals surface area (Å²) in [6.07, 6.45) is 0.764. The highest BCUT2D eigenvalue weighted by molar-refractivity contribution is 7.88. The number of halogens is 3. The second-order valence-electron chi connectivity index (χ2n) is 7.89. The highest BCUT2D eigenvalue weighted by Gasteiger charge is 2.25. The maximum atomic E-state index is 11.1. The molecule has 10 heteroatoms. The fourth-order valence-electron chi connectivity index (χ4n) is 2.92. The van der Waals surface area contributed by atoms with Gasteiger partial charge in [-0.1, -0.05) is 49.2 Å². The molecular formula is C22H28Cl3NO5S. The predicted octanol–water partition coefficient (Wildman–Crippen LogP) is 4.62. The van der Waals surface area contributed by atoms with E-state index in [1.165, 1.54) is 0 Å². The van der Waals surface area contributed by atoms with Crippen LogP contribution >= 0.6 is 34.8 Å². The van der Waals surface area contributed by atoms with E-state index in [4.69, 9.17) is 44.3 Å². The van der Waals surface area contributed by atoms with Crippen molar-refractivity contribution in [3.63, 3.8) is 0 Å². The lowest BCUT2D eigenvalue weighted by Crippen LogP contribution is -2.34. The summed E-state index contributed by atoms with van der Waals surface area (Å²) >= 11 is 18.5. The number of hydrogen-bond donors (Lipinski definition) is 2. The lowest BCUT2D eigenvalue weighted by molar-refractivity contribution is 0.111. The lowest BCUT2D eigenvalue weighted by Gasteiger charge is -2.27. The van der Waals surface area contributed by atoms with Crippen LogP contribution in [0.25, 0.3) is 0 Å². The van der Waals surface area contributed by atoms with Gasteiger partial charge in [-0.15, -0.1) is 11.6 Å². The van der Waals surface area contributed by atoms with E-state index >= 15 is 0 Å². The van der Waals surface area contributed by atoms with Crippen LogP contribution in [0.15, 0.2) is 36.4 Å². The van der Waals surface area contributed by atoms with Crippen molar-refractivity contribution in [1.82, 2.24) is 4.72 Å². The minimum Gasteiger partial charge on any atom is -0.491 e. The van der Waals surface area contributed by atoms with E-state index in [1.54, 1.807) is 12.1 Å². The average molecular weight is 525 g/mol. The molecule has 0 saturated heterocycles. The first-order valence-corrected chi connectivity index (χ1v) is 13.2. The van der Waals surface area contributed by atoms with Gasteiger partial charge in [0.15, 0.2) is 5.75 Å². The van der Waals surface area contributed by atoms with E-state index in [0.717, 1.165) is 17.4 Å². The Morgan fingerprint density at radius 3 is 2.19 bits per heavy atom. The molecule has 6 nitrogen and oxygen atoms in total. The SMILES string of the molecule is CC(C)(c1ccc(OCC(O)CNS(C)(=O)=O)cc1)c1cc(Cl)c(OCCCCl)c(Cl)c1. The Kier molecular flexibility index (Phi) is 9.94. The van der Waals surface area contributed by atoms with Crippen LogP contribution in [-0.2, 0) is 15.4 Å². The minimum atomic E-state index is -3.36. The molecule has 0 saturated carbocycles. The van der Waals surface area contributed by atoms with Crippen molar-refractivity contribution >= 4 is 44.8 Å². The number of ether oxygens (including phenoxy) is 2. The molecular weight excluding hydrogens is 497 g/mol. The van der Waals surface area contributed by atoms with Crippen LogP contribution in [0.3, 0.4) is 0 Å². The number of aliphatic hydroxyl groups is 1. The van der Waals surface area contributed by atoms with Crippen LogP contribution in [0.4, 0.5) is 0 Å². The van der Waals surface area contributed by atoms with Gasteiger partial charge in [-0.25, -0.2) is 13.1 Å². The molecule has 0 fully saturated rings. The molecule has 1 unspecified atom stereocenters. The quantitative estimate of drug-likeness (QED) is 0.313. The van der Waals surface area contributed by atoms with Gasteiger partial charge in [-0.2, -0.15) is 0 Å². The summed E-state index contributed by atoms with van der Waals surface area (Å²) in [5.74, 6) is 1.50. The van der Waals surface area contributed by atoms with E-state index in [2.05, 4.69) is 18.6 Å². The van der Waals surface area contributed by atoms with Crippen LogP contribution in [0.1, 0.15) is 31.4 Å². The predicted molar refractivity (Wildman–Crippen MR) is 130 cm³/mol. The van der Waals surface area contributed by atoms with Crippen molar-refractivity contribution in [2.75, 3.05) is 31.9 Å². The molecule has 0 radical (unpaired) electrons. The summed E-state index contributed by atoms with van der Waals surface area (Å²) in [6, 6.07) is 11.1. The molecule has 0 heterocycles. The number of aliphatic hydroxyl groups excluding tert-OH is 1. The molecule has 0 bridgehead atoms. The van der Waals surface area contributed by atoms with Gasteiger partial charge in [-0.05, 0) is 41.8 Å². The fraction of sp³-hybridized carbons (Fsp3) is 0.455. The summed E-state index contributed by atoms with van der Waals surface area (Å²) in [7, 11) is -3.36. The molecule has 1 atom stereocenters. The Morgan fingerprint density at radius 1 is 1.06 bits per heavy atom. The molecule has 0 aliphatic rings. The van der Waals surface area contributed by atoms with Crippen molar-refractivity contribution in [2.24, 2.45) is 0 Å². The summed E-state index contributed by atoms with van der Waals surface area (Å²) < 4.78 is 35.6. The first kappa shape index (κ1) is 27.0. The number of alkyl halides is 1. The fourth-order valence-corrected chi connectivity index (χ4v) is 4.12. The lowest BCUT2D eigenvalue weighted by atomic mass is 9.78. The van der Waals surface area contributed by atoms with Crippen LogP contribution in [0.5, 0.6) is 11.5 Å². The van der Waals surface area contributed by atoms with Crippen molar-refractivity contribution in [2.45, 2.75) is 31.8 Å². The Morgan fingerprint density at radius 2 is 1.66 bits per heavy atom. The second-order valence-corrected chi connectivity index (χ2v) is 10.9. The maximum Gasteiger partial charge on any atom is 0.208 e. The van der Waals surface area contributed by atoms with E-state index in [0.29, 0.717) is 40.5 Å². The molecule has 0 amide bonds. The topological polar surface area (TPSA) is 84.9 Å². The molecule has 0 aliphatic heterocycles. The largest absolute Gasteiger partial charge is 0.491 e. The Hall–Kier alpha value is -1.22. The number of rotatable bonds is 12. The first-order valence-electron chi connectivity index (χ1n) is 9.98. The molecule has 0 aromatic heterocycles. The summed E-state index contributed by atoms with van der Waals surface area (Å²) in [4.78, 5) is 0. The van der Waals surface area contributed by atoms with Crippen molar-refractivity contribution < 1.29 is 23.0 Å². The van der Waals surface area contributed by atoms with Crippen molar-refractivity contribution in [3.05, 3.63) is 57.6 Å². The number of hydrogen-bond acceptors (Lipinski definition) is 5. The first-order chi connectivity index (χ1) is 14.9. The third kappa shape index (κ3) is 7.97. The number of nitrogens with one attached hydrogen (secondary N) is 1. The normalized spacial score (nSPS) is 13.1. The van der Waals surface area contributed by atoms with Gasteiger partial charge in [0.25, 0.3) is 0 Å². The highest BCUT2D eigenvalue weighted by Crippen LogP contribution is 2.40. The van der Waals surface area contributed by atoms with Crippen molar-refractivity contribution in [1.29, 1.82) is 0 Å². The number of sulfonamides is 1. The van der Waals surface area contributed by atoms with E-state index in [1.807, 2.05) is 24.3 Å². The zero-order valence-corrected chi connectivity index (χ0v) is 21.3. The third-order valence-corrected chi connectivity index (χ3v) is 6.36. The van der Waals surface area contributed by atoms with Gasteiger partial charge < -0.3 is 14.6 Å². The molecule has 2 aromatic carbocycles. The molecule has 0 spiro atoms.